The molecule has 0 bridgehead atoms. The molecule has 0 N–H and O–H groups in total. The van der Waals surface area contributed by atoms with Gasteiger partial charge in [-0.15, -0.1) is 0 Å². The fourth-order valence-electron chi connectivity index (χ4n) is 1.34. The molecular formula is C9H15N3O. The molecule has 4 heteroatoms. The third-order valence-corrected chi connectivity index (χ3v) is 2.01. The van der Waals surface area contributed by atoms with Crippen molar-refractivity contribution in [1.29, 1.82) is 0 Å². The molecule has 0 amide bonds. The normalized spacial score (nSPS) is 13.2. The first-order valence-corrected chi connectivity index (χ1v) is 4.33. The molecule has 1 atom stereocenters. The maximum atomic E-state index is 10.3. The van der Waals surface area contributed by atoms with E-state index in [0.717, 1.165) is 12.7 Å². The number of imidazole rings is 1. The molecule has 0 radical (unpaired) electrons. The summed E-state index contributed by atoms with van der Waals surface area (Å²) in [5.41, 5.74) is 0. The SMILES string of the molecule is CN(C)C(CCC=O)n1ccnc1. The lowest BCUT2D eigenvalue weighted by molar-refractivity contribution is -0.108. The van der Waals surface area contributed by atoms with E-state index in [9.17, 15) is 4.79 Å². The molecule has 0 aliphatic rings. The Balaban J connectivity index is 2.63. The van der Waals surface area contributed by atoms with E-state index in [1.165, 1.54) is 0 Å². The molecule has 1 aromatic heterocycles. The predicted molar refractivity (Wildman–Crippen MR) is 50.2 cm³/mol. The van der Waals surface area contributed by atoms with E-state index in [1.54, 1.807) is 12.5 Å². The molecule has 0 aromatic carbocycles. The van der Waals surface area contributed by atoms with Crippen molar-refractivity contribution in [2.45, 2.75) is 19.0 Å². The van der Waals surface area contributed by atoms with Crippen LogP contribution in [0.2, 0.25) is 0 Å². The highest BCUT2D eigenvalue weighted by molar-refractivity contribution is 5.49. The number of aromatic nitrogens is 2. The smallest absolute Gasteiger partial charge is 0.120 e. The van der Waals surface area contributed by atoms with E-state index in [-0.39, 0.29) is 6.17 Å². The van der Waals surface area contributed by atoms with Gasteiger partial charge in [-0.3, -0.25) is 4.90 Å². The highest BCUT2D eigenvalue weighted by Gasteiger charge is 2.11. The van der Waals surface area contributed by atoms with Crippen LogP contribution in [0.5, 0.6) is 0 Å². The summed E-state index contributed by atoms with van der Waals surface area (Å²) in [5, 5.41) is 0. The van der Waals surface area contributed by atoms with E-state index in [1.807, 2.05) is 24.9 Å². The lowest BCUT2D eigenvalue weighted by Crippen LogP contribution is -2.24. The molecule has 13 heavy (non-hydrogen) atoms. The van der Waals surface area contributed by atoms with Crippen LogP contribution in [0, 0.1) is 0 Å². The van der Waals surface area contributed by atoms with Gasteiger partial charge < -0.3 is 9.36 Å². The van der Waals surface area contributed by atoms with Gasteiger partial charge >= 0.3 is 0 Å². The molecule has 0 spiro atoms. The van der Waals surface area contributed by atoms with Crippen LogP contribution in [-0.4, -0.2) is 34.8 Å². The van der Waals surface area contributed by atoms with Gasteiger partial charge in [0.05, 0.1) is 12.5 Å². The van der Waals surface area contributed by atoms with Crippen LogP contribution in [-0.2, 0) is 4.79 Å². The maximum absolute atomic E-state index is 10.3. The Hall–Kier alpha value is -1.16. The molecule has 0 aliphatic carbocycles. The summed E-state index contributed by atoms with van der Waals surface area (Å²) in [4.78, 5) is 16.3. The Morgan fingerprint density at radius 2 is 2.38 bits per heavy atom. The molecule has 0 aliphatic heterocycles. The van der Waals surface area contributed by atoms with Gasteiger partial charge in [0.15, 0.2) is 0 Å². The average molecular weight is 181 g/mol. The van der Waals surface area contributed by atoms with Crippen LogP contribution < -0.4 is 0 Å². The van der Waals surface area contributed by atoms with Crippen molar-refractivity contribution in [2.75, 3.05) is 14.1 Å². The first-order chi connectivity index (χ1) is 6.25. The van der Waals surface area contributed by atoms with E-state index >= 15 is 0 Å². The summed E-state index contributed by atoms with van der Waals surface area (Å²) < 4.78 is 2.00. The quantitative estimate of drug-likeness (QED) is 0.634. The fraction of sp³-hybridized carbons (Fsp3) is 0.556. The Kier molecular flexibility index (Phi) is 3.64. The third-order valence-electron chi connectivity index (χ3n) is 2.01. The van der Waals surface area contributed by atoms with Crippen LogP contribution in [0.15, 0.2) is 18.7 Å². The summed E-state index contributed by atoms with van der Waals surface area (Å²) >= 11 is 0. The Morgan fingerprint density at radius 3 is 2.85 bits per heavy atom. The van der Waals surface area contributed by atoms with Crippen molar-refractivity contribution in [1.82, 2.24) is 14.5 Å². The molecule has 1 aromatic rings. The third kappa shape index (κ3) is 2.66. The fourth-order valence-corrected chi connectivity index (χ4v) is 1.34. The summed E-state index contributed by atoms with van der Waals surface area (Å²) in [6, 6.07) is 0. The van der Waals surface area contributed by atoms with Crippen LogP contribution in [0.3, 0.4) is 0 Å². The van der Waals surface area contributed by atoms with Crippen molar-refractivity contribution in [3.8, 4) is 0 Å². The van der Waals surface area contributed by atoms with Crippen molar-refractivity contribution >= 4 is 6.29 Å². The average Bonchev–Trinajstić information content (AvgIpc) is 2.57. The number of carbonyl (C=O) groups is 1. The second kappa shape index (κ2) is 4.77. The number of hydrogen-bond acceptors (Lipinski definition) is 3. The molecule has 0 saturated carbocycles. The lowest BCUT2D eigenvalue weighted by atomic mass is 10.2. The highest BCUT2D eigenvalue weighted by Crippen LogP contribution is 2.14. The van der Waals surface area contributed by atoms with Gasteiger partial charge in [0.25, 0.3) is 0 Å². The first kappa shape index (κ1) is 9.92. The molecular weight excluding hydrogens is 166 g/mol. The van der Waals surface area contributed by atoms with Gasteiger partial charge in [0, 0.05) is 18.8 Å². The monoisotopic (exact) mass is 181 g/mol. The van der Waals surface area contributed by atoms with E-state index in [0.29, 0.717) is 6.42 Å². The summed E-state index contributed by atoms with van der Waals surface area (Å²) in [5.74, 6) is 0. The topological polar surface area (TPSA) is 38.1 Å². The second-order valence-electron chi connectivity index (χ2n) is 3.20. The summed E-state index contributed by atoms with van der Waals surface area (Å²) in [6.07, 6.45) is 8.02. The van der Waals surface area contributed by atoms with E-state index < -0.39 is 0 Å². The lowest BCUT2D eigenvalue weighted by Gasteiger charge is -2.24. The molecule has 0 fully saturated rings. The van der Waals surface area contributed by atoms with E-state index in [4.69, 9.17) is 0 Å². The van der Waals surface area contributed by atoms with Gasteiger partial charge in [0.1, 0.15) is 6.29 Å². The molecule has 1 rings (SSSR count). The molecule has 4 nitrogen and oxygen atoms in total. The minimum atomic E-state index is 0.229. The van der Waals surface area contributed by atoms with Crippen LogP contribution in [0.1, 0.15) is 19.0 Å². The summed E-state index contributed by atoms with van der Waals surface area (Å²) in [6.45, 7) is 0. The molecule has 0 saturated heterocycles. The number of carbonyl (C=O) groups excluding carboxylic acids is 1. The van der Waals surface area contributed by atoms with Crippen molar-refractivity contribution in [3.05, 3.63) is 18.7 Å². The zero-order valence-corrected chi connectivity index (χ0v) is 8.05. The standard InChI is InChI=1S/C9H15N3O/c1-11(2)9(4-3-7-13)12-6-5-10-8-12/h5-9H,3-4H2,1-2H3. The minimum absolute atomic E-state index is 0.229. The Bertz CT molecular complexity index is 243. The molecule has 72 valence electrons. The zero-order valence-electron chi connectivity index (χ0n) is 8.05. The maximum Gasteiger partial charge on any atom is 0.120 e. The van der Waals surface area contributed by atoms with Crippen molar-refractivity contribution in [3.63, 3.8) is 0 Å². The van der Waals surface area contributed by atoms with Crippen LogP contribution in [0.25, 0.3) is 0 Å². The number of aldehydes is 1. The van der Waals surface area contributed by atoms with Gasteiger partial charge in [-0.2, -0.15) is 0 Å². The Labute approximate surface area is 78.2 Å². The molecule has 1 unspecified atom stereocenters. The summed E-state index contributed by atoms with van der Waals surface area (Å²) in [7, 11) is 3.99. The van der Waals surface area contributed by atoms with Crippen LogP contribution in [0.4, 0.5) is 0 Å². The van der Waals surface area contributed by atoms with Crippen LogP contribution >= 0.6 is 0 Å². The van der Waals surface area contributed by atoms with Gasteiger partial charge in [-0.25, -0.2) is 4.98 Å². The van der Waals surface area contributed by atoms with E-state index in [2.05, 4.69) is 9.88 Å². The van der Waals surface area contributed by atoms with Gasteiger partial charge in [-0.05, 0) is 20.5 Å². The predicted octanol–water partition coefficient (Wildman–Crippen LogP) is 0.922. The first-order valence-electron chi connectivity index (χ1n) is 4.33. The van der Waals surface area contributed by atoms with Gasteiger partial charge in [0.2, 0.25) is 0 Å². The van der Waals surface area contributed by atoms with Gasteiger partial charge in [-0.1, -0.05) is 0 Å². The number of hydrogen-bond donors (Lipinski definition) is 0. The van der Waals surface area contributed by atoms with Crippen molar-refractivity contribution in [2.24, 2.45) is 0 Å². The number of rotatable bonds is 5. The Morgan fingerprint density at radius 1 is 1.62 bits per heavy atom. The minimum Gasteiger partial charge on any atom is -0.321 e. The highest BCUT2D eigenvalue weighted by atomic mass is 16.1. The van der Waals surface area contributed by atoms with Crippen molar-refractivity contribution < 1.29 is 4.79 Å². The second-order valence-corrected chi connectivity index (χ2v) is 3.20. The largest absolute Gasteiger partial charge is 0.321 e. The number of nitrogens with zero attached hydrogens (tertiary/aromatic N) is 3. The zero-order chi connectivity index (χ0) is 9.68. The molecule has 1 heterocycles.